The Morgan fingerprint density at radius 3 is 2.74 bits per heavy atom. The highest BCUT2D eigenvalue weighted by Crippen LogP contribution is 2.49. The number of fused-ring (bicyclic) bond motifs is 2. The van der Waals surface area contributed by atoms with Crippen molar-refractivity contribution in [3.05, 3.63) is 0 Å². The molecule has 4 nitrogen and oxygen atoms in total. The summed E-state index contributed by atoms with van der Waals surface area (Å²) in [5, 5.41) is 6.43. The normalized spacial score (nSPS) is 42.5. The van der Waals surface area contributed by atoms with Gasteiger partial charge in [0.2, 0.25) is 5.91 Å². The molecule has 2 aliphatic carbocycles. The van der Waals surface area contributed by atoms with Gasteiger partial charge < -0.3 is 15.4 Å². The Labute approximate surface area is 115 Å². The summed E-state index contributed by atoms with van der Waals surface area (Å²) in [5.74, 6) is 2.66. The Balaban J connectivity index is 1.54. The van der Waals surface area contributed by atoms with Gasteiger partial charge in [0.1, 0.15) is 0 Å². The minimum absolute atomic E-state index is 0.0222. The average Bonchev–Trinajstić information content (AvgIpc) is 3.13. The van der Waals surface area contributed by atoms with E-state index in [0.29, 0.717) is 25.2 Å². The molecule has 108 valence electrons. The molecule has 1 heterocycles. The van der Waals surface area contributed by atoms with Gasteiger partial charge >= 0.3 is 0 Å². The van der Waals surface area contributed by atoms with Gasteiger partial charge in [-0.2, -0.15) is 0 Å². The molecular formula is C15H26N2O2. The summed E-state index contributed by atoms with van der Waals surface area (Å²) in [4.78, 5) is 12.4. The van der Waals surface area contributed by atoms with Gasteiger partial charge in [0.05, 0.1) is 19.1 Å². The van der Waals surface area contributed by atoms with E-state index in [2.05, 4.69) is 17.6 Å². The van der Waals surface area contributed by atoms with Crippen LogP contribution in [0.1, 0.15) is 32.6 Å². The van der Waals surface area contributed by atoms with E-state index >= 15 is 0 Å². The number of nitrogens with one attached hydrogen (secondary N) is 2. The van der Waals surface area contributed by atoms with Gasteiger partial charge in [-0.05, 0) is 51.0 Å². The van der Waals surface area contributed by atoms with Crippen LogP contribution in [0.3, 0.4) is 0 Å². The van der Waals surface area contributed by atoms with Gasteiger partial charge in [0.25, 0.3) is 0 Å². The molecule has 6 atom stereocenters. The number of carbonyl (C=O) groups excluding carboxylic acids is 1. The van der Waals surface area contributed by atoms with Crippen LogP contribution in [0.4, 0.5) is 0 Å². The first kappa shape index (κ1) is 13.4. The summed E-state index contributed by atoms with van der Waals surface area (Å²) in [6, 6.07) is 0.494. The fourth-order valence-electron chi connectivity index (χ4n) is 4.44. The van der Waals surface area contributed by atoms with Gasteiger partial charge in [0, 0.05) is 12.1 Å². The molecule has 3 aliphatic rings. The molecule has 1 aliphatic heterocycles. The largest absolute Gasteiger partial charge is 0.379 e. The highest BCUT2D eigenvalue weighted by atomic mass is 16.5. The maximum absolute atomic E-state index is 12.4. The number of hydrogen-bond acceptors (Lipinski definition) is 3. The van der Waals surface area contributed by atoms with Gasteiger partial charge in [-0.1, -0.05) is 6.42 Å². The van der Waals surface area contributed by atoms with Crippen LogP contribution < -0.4 is 10.6 Å². The van der Waals surface area contributed by atoms with Crippen LogP contribution >= 0.6 is 0 Å². The zero-order valence-electron chi connectivity index (χ0n) is 12.0. The topological polar surface area (TPSA) is 50.4 Å². The third-order valence-corrected chi connectivity index (χ3v) is 5.59. The van der Waals surface area contributed by atoms with Gasteiger partial charge in [-0.15, -0.1) is 0 Å². The minimum Gasteiger partial charge on any atom is -0.379 e. The lowest BCUT2D eigenvalue weighted by atomic mass is 9.83. The van der Waals surface area contributed by atoms with Crippen molar-refractivity contribution in [3.63, 3.8) is 0 Å². The number of amides is 1. The molecular weight excluding hydrogens is 240 g/mol. The van der Waals surface area contributed by atoms with Crippen molar-refractivity contribution in [1.82, 2.24) is 10.6 Å². The highest BCUT2D eigenvalue weighted by molar-refractivity contribution is 5.80. The zero-order valence-corrected chi connectivity index (χ0v) is 12.0. The molecule has 0 aromatic rings. The van der Waals surface area contributed by atoms with E-state index in [9.17, 15) is 4.79 Å². The van der Waals surface area contributed by atoms with Crippen LogP contribution in [0.5, 0.6) is 0 Å². The Kier molecular flexibility index (Phi) is 3.81. The summed E-state index contributed by atoms with van der Waals surface area (Å²) >= 11 is 0. The molecule has 3 fully saturated rings. The molecule has 0 aromatic carbocycles. The van der Waals surface area contributed by atoms with Crippen molar-refractivity contribution < 1.29 is 9.53 Å². The van der Waals surface area contributed by atoms with Crippen molar-refractivity contribution in [2.75, 3.05) is 20.3 Å². The highest BCUT2D eigenvalue weighted by Gasteiger charge is 2.43. The second-order valence-electron chi connectivity index (χ2n) is 6.68. The summed E-state index contributed by atoms with van der Waals surface area (Å²) in [5.41, 5.74) is 0. The number of likely N-dealkylation sites (N-methyl/N-ethyl adjacent to an activating group) is 1. The zero-order chi connectivity index (χ0) is 13.4. The van der Waals surface area contributed by atoms with Gasteiger partial charge in [-0.3, -0.25) is 4.79 Å². The van der Waals surface area contributed by atoms with E-state index in [1.807, 2.05) is 7.05 Å². The third kappa shape index (κ3) is 2.52. The second-order valence-corrected chi connectivity index (χ2v) is 6.68. The Hall–Kier alpha value is -0.610. The Bertz CT molecular complexity index is 347. The van der Waals surface area contributed by atoms with E-state index in [1.165, 1.54) is 25.7 Å². The third-order valence-electron chi connectivity index (χ3n) is 5.59. The predicted molar refractivity (Wildman–Crippen MR) is 73.7 cm³/mol. The van der Waals surface area contributed by atoms with E-state index in [4.69, 9.17) is 4.74 Å². The van der Waals surface area contributed by atoms with Gasteiger partial charge in [0.15, 0.2) is 0 Å². The van der Waals surface area contributed by atoms with Crippen molar-refractivity contribution >= 4 is 5.91 Å². The molecule has 1 saturated heterocycles. The molecule has 2 bridgehead atoms. The molecule has 2 N–H and O–H groups in total. The fraction of sp³-hybridized carbons (Fsp3) is 0.933. The summed E-state index contributed by atoms with van der Waals surface area (Å²) in [6.45, 7) is 3.39. The SMILES string of the molecule is CNC1COCC1C(=O)NC(C)C1CC2CCC1C2. The molecule has 4 heteroatoms. The first-order valence-electron chi connectivity index (χ1n) is 7.74. The van der Waals surface area contributed by atoms with E-state index in [-0.39, 0.29) is 17.9 Å². The maximum Gasteiger partial charge on any atom is 0.227 e. The summed E-state index contributed by atoms with van der Waals surface area (Å²) in [6.07, 6.45) is 5.51. The smallest absolute Gasteiger partial charge is 0.227 e. The van der Waals surface area contributed by atoms with Crippen molar-refractivity contribution in [2.45, 2.75) is 44.7 Å². The molecule has 0 spiro atoms. The van der Waals surface area contributed by atoms with Crippen molar-refractivity contribution in [3.8, 4) is 0 Å². The second kappa shape index (κ2) is 5.41. The molecule has 0 radical (unpaired) electrons. The first-order chi connectivity index (χ1) is 9.19. The number of carbonyl (C=O) groups is 1. The number of ether oxygens (including phenoxy) is 1. The molecule has 2 saturated carbocycles. The quantitative estimate of drug-likeness (QED) is 0.803. The van der Waals surface area contributed by atoms with Crippen LogP contribution in [0.15, 0.2) is 0 Å². The van der Waals surface area contributed by atoms with Crippen molar-refractivity contribution in [2.24, 2.45) is 23.7 Å². The Morgan fingerprint density at radius 1 is 1.26 bits per heavy atom. The molecule has 19 heavy (non-hydrogen) atoms. The Morgan fingerprint density at radius 2 is 2.11 bits per heavy atom. The van der Waals surface area contributed by atoms with Crippen LogP contribution in [0, 0.1) is 23.7 Å². The van der Waals surface area contributed by atoms with Crippen LogP contribution in [-0.4, -0.2) is 38.3 Å². The lowest BCUT2D eigenvalue weighted by molar-refractivity contribution is -0.126. The fourth-order valence-corrected chi connectivity index (χ4v) is 4.44. The maximum atomic E-state index is 12.4. The monoisotopic (exact) mass is 266 g/mol. The van der Waals surface area contributed by atoms with Crippen LogP contribution in [0.25, 0.3) is 0 Å². The molecule has 6 unspecified atom stereocenters. The van der Waals surface area contributed by atoms with Crippen molar-refractivity contribution in [1.29, 1.82) is 0 Å². The van der Waals surface area contributed by atoms with Crippen LogP contribution in [0.2, 0.25) is 0 Å². The van der Waals surface area contributed by atoms with Crippen LogP contribution in [-0.2, 0) is 9.53 Å². The van der Waals surface area contributed by atoms with Gasteiger partial charge in [-0.25, -0.2) is 0 Å². The summed E-state index contributed by atoms with van der Waals surface area (Å²) in [7, 11) is 1.90. The summed E-state index contributed by atoms with van der Waals surface area (Å²) < 4.78 is 5.41. The minimum atomic E-state index is -0.0222. The lowest BCUT2D eigenvalue weighted by Gasteiger charge is -2.29. The predicted octanol–water partition coefficient (Wildman–Crippen LogP) is 1.16. The van der Waals surface area contributed by atoms with E-state index in [0.717, 1.165) is 11.8 Å². The first-order valence-corrected chi connectivity index (χ1v) is 7.74. The lowest BCUT2D eigenvalue weighted by Crippen LogP contribution is -2.47. The average molecular weight is 266 g/mol. The number of hydrogen-bond donors (Lipinski definition) is 2. The molecule has 0 aromatic heterocycles. The number of rotatable bonds is 4. The van der Waals surface area contributed by atoms with E-state index in [1.54, 1.807) is 0 Å². The standard InChI is InChI=1S/C15H26N2O2/c1-9(12-6-10-3-4-11(12)5-10)17-15(18)13-7-19-8-14(13)16-2/h9-14,16H,3-8H2,1-2H3,(H,17,18). The van der Waals surface area contributed by atoms with E-state index < -0.39 is 0 Å². The molecule has 1 amide bonds. The molecule has 3 rings (SSSR count).